The number of nitrogen functional groups attached to an aromatic ring is 1. The van der Waals surface area contributed by atoms with Crippen LogP contribution in [0, 0.1) is 11.6 Å². The van der Waals surface area contributed by atoms with Gasteiger partial charge in [0.25, 0.3) is 0 Å². The molecule has 2 aromatic rings. The van der Waals surface area contributed by atoms with Crippen molar-refractivity contribution in [3.8, 4) is 0 Å². The van der Waals surface area contributed by atoms with Gasteiger partial charge >= 0.3 is 0 Å². The predicted octanol–water partition coefficient (Wildman–Crippen LogP) is 2.47. The minimum absolute atomic E-state index is 0.225. The van der Waals surface area contributed by atoms with Crippen molar-refractivity contribution in [1.29, 1.82) is 0 Å². The second-order valence-corrected chi connectivity index (χ2v) is 3.77. The molecule has 0 aliphatic heterocycles. The number of benzene rings is 1. The fourth-order valence-electron chi connectivity index (χ4n) is 1.57. The Kier molecular flexibility index (Phi) is 2.38. The summed E-state index contributed by atoms with van der Waals surface area (Å²) in [5, 5.41) is 0. The van der Waals surface area contributed by atoms with E-state index in [0.29, 0.717) is 17.6 Å². The molecule has 0 bridgehead atoms. The summed E-state index contributed by atoms with van der Waals surface area (Å²) in [5.74, 6) is -1.61. The Balaban J connectivity index is 2.68. The minimum Gasteiger partial charge on any atom is -0.369 e. The zero-order valence-electron chi connectivity index (χ0n) is 8.80. The highest BCUT2D eigenvalue weighted by molar-refractivity contribution is 5.78. The number of hydrogen-bond donors (Lipinski definition) is 1. The van der Waals surface area contributed by atoms with Crippen LogP contribution in [0.25, 0.3) is 11.0 Å². The number of hydrogen-bond acceptors (Lipinski definition) is 2. The number of fused-ring (bicyclic) bond motifs is 1. The molecule has 0 aliphatic rings. The number of aromatic nitrogens is 2. The first-order valence-corrected chi connectivity index (χ1v) is 4.74. The predicted molar refractivity (Wildman–Crippen MR) is 58.9 cm³/mol. The van der Waals surface area contributed by atoms with Gasteiger partial charge in [0.05, 0.1) is 11.0 Å². The zero-order chi connectivity index (χ0) is 11.9. The Morgan fingerprint density at radius 2 is 2.06 bits per heavy atom. The van der Waals surface area contributed by atoms with Crippen molar-refractivity contribution in [2.75, 3.05) is 5.73 Å². The highest BCUT2D eigenvalue weighted by atomic mass is 19.2. The molecule has 0 aliphatic carbocycles. The van der Waals surface area contributed by atoms with Crippen LogP contribution in [0.4, 0.5) is 14.7 Å². The molecule has 2 rings (SSSR count). The van der Waals surface area contributed by atoms with Crippen LogP contribution in [0.3, 0.4) is 0 Å². The third-order valence-electron chi connectivity index (χ3n) is 2.25. The Hall–Kier alpha value is -1.91. The molecule has 1 heterocycles. The molecule has 2 N–H and O–H groups in total. The van der Waals surface area contributed by atoms with Crippen LogP contribution < -0.4 is 5.73 Å². The molecule has 1 aromatic heterocycles. The van der Waals surface area contributed by atoms with Gasteiger partial charge < -0.3 is 10.3 Å². The van der Waals surface area contributed by atoms with Gasteiger partial charge in [-0.1, -0.05) is 12.2 Å². The molecule has 3 nitrogen and oxygen atoms in total. The van der Waals surface area contributed by atoms with E-state index in [1.165, 1.54) is 0 Å². The molecule has 0 atom stereocenters. The molecule has 0 saturated carbocycles. The Morgan fingerprint density at radius 1 is 1.44 bits per heavy atom. The van der Waals surface area contributed by atoms with E-state index in [1.54, 1.807) is 4.57 Å². The third-order valence-corrected chi connectivity index (χ3v) is 2.25. The lowest BCUT2D eigenvalue weighted by molar-refractivity contribution is 0.510. The summed E-state index contributed by atoms with van der Waals surface area (Å²) < 4.78 is 27.7. The summed E-state index contributed by atoms with van der Waals surface area (Å²) in [6.45, 7) is 6.01. The minimum atomic E-state index is -0.924. The zero-order valence-corrected chi connectivity index (χ0v) is 8.80. The van der Waals surface area contributed by atoms with E-state index in [1.807, 2.05) is 6.92 Å². The average Bonchev–Trinajstić information content (AvgIpc) is 2.45. The van der Waals surface area contributed by atoms with Crippen molar-refractivity contribution in [1.82, 2.24) is 9.55 Å². The molecule has 0 spiro atoms. The maximum Gasteiger partial charge on any atom is 0.201 e. The van der Waals surface area contributed by atoms with Gasteiger partial charge in [0.1, 0.15) is 0 Å². The second kappa shape index (κ2) is 3.59. The molecule has 0 amide bonds. The van der Waals surface area contributed by atoms with Gasteiger partial charge in [-0.25, -0.2) is 13.8 Å². The molecule has 5 heteroatoms. The van der Waals surface area contributed by atoms with Gasteiger partial charge in [-0.3, -0.25) is 0 Å². The number of imidazole rings is 1. The standard InChI is InChI=1S/C11H11F2N3/c1-6(2)5-16-10-4-8(13)7(12)3-9(10)15-11(16)14/h3-4H,1,5H2,2H3,(H2,14,15). The lowest BCUT2D eigenvalue weighted by Gasteiger charge is -2.05. The van der Waals surface area contributed by atoms with E-state index in [4.69, 9.17) is 5.73 Å². The molecular formula is C11H11F2N3. The van der Waals surface area contributed by atoms with E-state index >= 15 is 0 Å². The van der Waals surface area contributed by atoms with Crippen LogP contribution in [-0.2, 0) is 6.54 Å². The van der Waals surface area contributed by atoms with Crippen molar-refractivity contribution in [3.05, 3.63) is 35.9 Å². The number of nitrogens with zero attached hydrogens (tertiary/aromatic N) is 2. The summed E-state index contributed by atoms with van der Waals surface area (Å²) in [5.41, 5.74) is 7.34. The Bertz CT molecular complexity index is 572. The quantitative estimate of drug-likeness (QED) is 0.795. The Morgan fingerprint density at radius 3 is 2.69 bits per heavy atom. The molecule has 0 unspecified atom stereocenters. The van der Waals surface area contributed by atoms with Gasteiger partial charge in [0.15, 0.2) is 11.6 Å². The van der Waals surface area contributed by atoms with Crippen LogP contribution in [0.15, 0.2) is 24.3 Å². The van der Waals surface area contributed by atoms with Crippen molar-refractivity contribution in [2.24, 2.45) is 0 Å². The van der Waals surface area contributed by atoms with Crippen molar-refractivity contribution in [2.45, 2.75) is 13.5 Å². The second-order valence-electron chi connectivity index (χ2n) is 3.77. The first kappa shape index (κ1) is 10.6. The summed E-state index contributed by atoms with van der Waals surface area (Å²) in [6.07, 6.45) is 0. The van der Waals surface area contributed by atoms with E-state index in [2.05, 4.69) is 11.6 Å². The normalized spacial score (nSPS) is 10.9. The van der Waals surface area contributed by atoms with Crippen molar-refractivity contribution in [3.63, 3.8) is 0 Å². The van der Waals surface area contributed by atoms with Crippen LogP contribution in [0.2, 0.25) is 0 Å². The smallest absolute Gasteiger partial charge is 0.201 e. The average molecular weight is 223 g/mol. The first-order chi connectivity index (χ1) is 7.49. The van der Waals surface area contributed by atoms with Crippen LogP contribution in [0.1, 0.15) is 6.92 Å². The number of rotatable bonds is 2. The fourth-order valence-corrected chi connectivity index (χ4v) is 1.57. The fraction of sp³-hybridized carbons (Fsp3) is 0.182. The monoisotopic (exact) mass is 223 g/mol. The summed E-state index contributed by atoms with van der Waals surface area (Å²) in [4.78, 5) is 3.96. The van der Waals surface area contributed by atoms with Gasteiger partial charge in [0.2, 0.25) is 5.95 Å². The third kappa shape index (κ3) is 1.64. The molecule has 1 aromatic carbocycles. The highest BCUT2D eigenvalue weighted by Gasteiger charge is 2.12. The van der Waals surface area contributed by atoms with E-state index in [-0.39, 0.29) is 5.95 Å². The van der Waals surface area contributed by atoms with Gasteiger partial charge in [-0.05, 0) is 6.92 Å². The molecule has 84 valence electrons. The van der Waals surface area contributed by atoms with E-state index in [0.717, 1.165) is 17.7 Å². The topological polar surface area (TPSA) is 43.8 Å². The molecule has 0 fully saturated rings. The highest BCUT2D eigenvalue weighted by Crippen LogP contribution is 2.21. The molecule has 16 heavy (non-hydrogen) atoms. The van der Waals surface area contributed by atoms with Crippen LogP contribution >= 0.6 is 0 Å². The van der Waals surface area contributed by atoms with Crippen LogP contribution in [-0.4, -0.2) is 9.55 Å². The van der Waals surface area contributed by atoms with Crippen molar-refractivity contribution < 1.29 is 8.78 Å². The number of anilines is 1. The molecule has 0 radical (unpaired) electrons. The summed E-state index contributed by atoms with van der Waals surface area (Å²) in [7, 11) is 0. The summed E-state index contributed by atoms with van der Waals surface area (Å²) in [6, 6.07) is 2.13. The molecule has 0 saturated heterocycles. The maximum absolute atomic E-state index is 13.1. The van der Waals surface area contributed by atoms with Gasteiger partial charge in [0, 0.05) is 18.7 Å². The Labute approximate surface area is 91.2 Å². The first-order valence-electron chi connectivity index (χ1n) is 4.74. The lowest BCUT2D eigenvalue weighted by atomic mass is 10.3. The number of halogens is 2. The van der Waals surface area contributed by atoms with Gasteiger partial charge in [-0.2, -0.15) is 0 Å². The molecular weight excluding hydrogens is 212 g/mol. The SMILES string of the molecule is C=C(C)Cn1c(N)nc2cc(F)c(F)cc21. The van der Waals surface area contributed by atoms with Crippen molar-refractivity contribution >= 4 is 17.0 Å². The maximum atomic E-state index is 13.1. The van der Waals surface area contributed by atoms with Crippen LogP contribution in [0.5, 0.6) is 0 Å². The number of nitrogens with two attached hydrogens (primary N) is 1. The largest absolute Gasteiger partial charge is 0.369 e. The van der Waals surface area contributed by atoms with E-state index < -0.39 is 11.6 Å². The van der Waals surface area contributed by atoms with E-state index in [9.17, 15) is 8.78 Å². The summed E-state index contributed by atoms with van der Waals surface area (Å²) >= 11 is 0. The lowest BCUT2D eigenvalue weighted by Crippen LogP contribution is -2.03. The van der Waals surface area contributed by atoms with Gasteiger partial charge in [-0.15, -0.1) is 0 Å². The number of allylic oxidation sites excluding steroid dienone is 1.